The van der Waals surface area contributed by atoms with E-state index in [9.17, 15) is 10.1 Å². The Hall–Kier alpha value is -1.06. The molecule has 0 aromatic heterocycles. The van der Waals surface area contributed by atoms with Gasteiger partial charge in [-0.3, -0.25) is 10.1 Å². The Morgan fingerprint density at radius 2 is 2.38 bits per heavy atom. The molecule has 46 valence electrons. The van der Waals surface area contributed by atoms with Crippen molar-refractivity contribution in [1.29, 1.82) is 0 Å². The zero-order valence-corrected chi connectivity index (χ0v) is 4.28. The molecule has 0 saturated heterocycles. The molecule has 8 heavy (non-hydrogen) atoms. The summed E-state index contributed by atoms with van der Waals surface area (Å²) >= 11 is 0. The summed E-state index contributed by atoms with van der Waals surface area (Å²) in [6.07, 6.45) is 2.44. The van der Waals surface area contributed by atoms with E-state index in [4.69, 9.17) is 5.11 Å². The first-order chi connectivity index (χ1) is 3.77. The Kier molecular flexibility index (Phi) is 3.56. The van der Waals surface area contributed by atoms with Gasteiger partial charge in [-0.2, -0.15) is 0 Å². The largest absolute Gasteiger partial charge is 0.516 e. The van der Waals surface area contributed by atoms with Crippen LogP contribution in [0, 0.1) is 10.1 Å². The average Bonchev–Trinajstić information content (AvgIpc) is 1.66. The molecule has 0 aliphatic rings. The fourth-order valence-corrected chi connectivity index (χ4v) is 0.254. The van der Waals surface area contributed by atoms with Gasteiger partial charge in [-0.25, -0.2) is 0 Å². The molecule has 0 bridgehead atoms. The van der Waals surface area contributed by atoms with Gasteiger partial charge in [0.15, 0.2) is 0 Å². The summed E-state index contributed by atoms with van der Waals surface area (Å²) in [5.74, 6) is 0. The Balaban J connectivity index is 3.05. The third-order valence-corrected chi connectivity index (χ3v) is 0.584. The van der Waals surface area contributed by atoms with Crippen LogP contribution in [0.4, 0.5) is 0 Å². The van der Waals surface area contributed by atoms with Crippen LogP contribution in [0.25, 0.3) is 0 Å². The van der Waals surface area contributed by atoms with Gasteiger partial charge in [0, 0.05) is 11.3 Å². The zero-order chi connectivity index (χ0) is 6.41. The van der Waals surface area contributed by atoms with Crippen LogP contribution in [0.2, 0.25) is 0 Å². The van der Waals surface area contributed by atoms with Gasteiger partial charge in [0.05, 0.1) is 6.26 Å². The normalized spacial score (nSPS) is 10.0. The lowest BCUT2D eigenvalue weighted by atomic mass is 10.4. The van der Waals surface area contributed by atoms with E-state index in [0.29, 0.717) is 6.42 Å². The first kappa shape index (κ1) is 6.94. The summed E-state index contributed by atoms with van der Waals surface area (Å²) in [6, 6.07) is 0. The van der Waals surface area contributed by atoms with Crippen LogP contribution in [0.5, 0.6) is 0 Å². The Morgan fingerprint density at radius 3 is 2.75 bits per heavy atom. The van der Waals surface area contributed by atoms with E-state index in [1.54, 1.807) is 0 Å². The molecular weight excluding hydrogens is 110 g/mol. The van der Waals surface area contributed by atoms with Crippen LogP contribution in [0.15, 0.2) is 12.3 Å². The fraction of sp³-hybridized carbons (Fsp3) is 0.500. The average molecular weight is 117 g/mol. The topological polar surface area (TPSA) is 63.4 Å². The number of nitro groups is 1. The molecule has 0 aromatic rings. The summed E-state index contributed by atoms with van der Waals surface area (Å²) in [6.45, 7) is -0.114. The van der Waals surface area contributed by atoms with Crippen molar-refractivity contribution in [2.75, 3.05) is 6.54 Å². The highest BCUT2D eigenvalue weighted by molar-refractivity contribution is 4.69. The highest BCUT2D eigenvalue weighted by Crippen LogP contribution is 1.80. The van der Waals surface area contributed by atoms with E-state index < -0.39 is 4.92 Å². The molecule has 0 atom stereocenters. The van der Waals surface area contributed by atoms with Crippen LogP contribution in [-0.4, -0.2) is 16.6 Å². The lowest BCUT2D eigenvalue weighted by molar-refractivity contribution is -0.478. The van der Waals surface area contributed by atoms with Crippen molar-refractivity contribution in [2.45, 2.75) is 6.42 Å². The molecule has 0 amide bonds. The van der Waals surface area contributed by atoms with Crippen LogP contribution >= 0.6 is 0 Å². The molecule has 0 saturated carbocycles. The SMILES string of the molecule is O=[N+]([O-])CCC=CO. The summed E-state index contributed by atoms with van der Waals surface area (Å²) in [7, 11) is 0. The van der Waals surface area contributed by atoms with E-state index >= 15 is 0 Å². The van der Waals surface area contributed by atoms with Gasteiger partial charge in [-0.1, -0.05) is 0 Å². The second-order valence-corrected chi connectivity index (χ2v) is 1.23. The predicted molar refractivity (Wildman–Crippen MR) is 28.2 cm³/mol. The molecule has 0 spiro atoms. The molecule has 0 unspecified atom stereocenters. The third kappa shape index (κ3) is 4.94. The monoisotopic (exact) mass is 117 g/mol. The molecular formula is C4H7NO3. The van der Waals surface area contributed by atoms with Crippen molar-refractivity contribution in [3.8, 4) is 0 Å². The molecule has 4 heteroatoms. The van der Waals surface area contributed by atoms with Crippen LogP contribution < -0.4 is 0 Å². The highest BCUT2D eigenvalue weighted by atomic mass is 16.6. The maximum absolute atomic E-state index is 9.56. The second kappa shape index (κ2) is 4.11. The van der Waals surface area contributed by atoms with E-state index in [2.05, 4.69) is 0 Å². The minimum atomic E-state index is -0.431. The highest BCUT2D eigenvalue weighted by Gasteiger charge is 1.89. The number of rotatable bonds is 3. The zero-order valence-electron chi connectivity index (χ0n) is 4.28. The van der Waals surface area contributed by atoms with Gasteiger partial charge < -0.3 is 5.11 Å². The Morgan fingerprint density at radius 1 is 1.75 bits per heavy atom. The van der Waals surface area contributed by atoms with Gasteiger partial charge in [0.25, 0.3) is 0 Å². The summed E-state index contributed by atoms with van der Waals surface area (Å²) in [4.78, 5) is 9.13. The van der Waals surface area contributed by atoms with Crippen molar-refractivity contribution in [3.63, 3.8) is 0 Å². The lowest BCUT2D eigenvalue weighted by Crippen LogP contribution is -1.97. The van der Waals surface area contributed by atoms with Gasteiger partial charge >= 0.3 is 0 Å². The first-order valence-corrected chi connectivity index (χ1v) is 2.18. The fourth-order valence-electron chi connectivity index (χ4n) is 0.254. The van der Waals surface area contributed by atoms with Crippen molar-refractivity contribution >= 4 is 0 Å². The molecule has 0 fully saturated rings. The molecule has 0 aliphatic heterocycles. The molecule has 0 aromatic carbocycles. The van der Waals surface area contributed by atoms with Crippen molar-refractivity contribution in [3.05, 3.63) is 22.5 Å². The Bertz CT molecular complexity index is 99.5. The minimum absolute atomic E-state index is 0.114. The third-order valence-electron chi connectivity index (χ3n) is 0.584. The number of hydrogen-bond acceptors (Lipinski definition) is 3. The second-order valence-electron chi connectivity index (χ2n) is 1.23. The summed E-state index contributed by atoms with van der Waals surface area (Å²) < 4.78 is 0. The first-order valence-electron chi connectivity index (χ1n) is 2.18. The van der Waals surface area contributed by atoms with Crippen LogP contribution in [0.1, 0.15) is 6.42 Å². The van der Waals surface area contributed by atoms with Crippen LogP contribution in [0.3, 0.4) is 0 Å². The number of nitrogens with zero attached hydrogens (tertiary/aromatic N) is 1. The molecule has 0 rings (SSSR count). The maximum atomic E-state index is 9.56. The minimum Gasteiger partial charge on any atom is -0.516 e. The number of aliphatic hydroxyl groups is 1. The predicted octanol–water partition coefficient (Wildman–Crippen LogP) is 0.725. The number of hydrogen-bond donors (Lipinski definition) is 1. The van der Waals surface area contributed by atoms with Gasteiger partial charge in [-0.15, -0.1) is 0 Å². The molecule has 0 radical (unpaired) electrons. The van der Waals surface area contributed by atoms with Crippen LogP contribution in [-0.2, 0) is 0 Å². The lowest BCUT2D eigenvalue weighted by Gasteiger charge is -1.82. The Labute approximate surface area is 46.6 Å². The van der Waals surface area contributed by atoms with Gasteiger partial charge in [0.1, 0.15) is 0 Å². The summed E-state index contributed by atoms with van der Waals surface area (Å²) in [5, 5.41) is 17.5. The van der Waals surface area contributed by atoms with E-state index in [0.717, 1.165) is 6.26 Å². The molecule has 0 aliphatic carbocycles. The maximum Gasteiger partial charge on any atom is 0.207 e. The van der Waals surface area contributed by atoms with E-state index in [-0.39, 0.29) is 6.54 Å². The molecule has 1 N–H and O–H groups in total. The van der Waals surface area contributed by atoms with E-state index in [1.807, 2.05) is 0 Å². The van der Waals surface area contributed by atoms with Crippen molar-refractivity contribution in [1.82, 2.24) is 0 Å². The van der Waals surface area contributed by atoms with Gasteiger partial charge in [0.2, 0.25) is 6.54 Å². The number of aliphatic hydroxyl groups excluding tert-OH is 1. The molecule has 0 heterocycles. The molecule has 4 nitrogen and oxygen atoms in total. The quantitative estimate of drug-likeness (QED) is 0.336. The van der Waals surface area contributed by atoms with E-state index in [1.165, 1.54) is 6.08 Å². The smallest absolute Gasteiger partial charge is 0.207 e. The van der Waals surface area contributed by atoms with Crippen molar-refractivity contribution in [2.24, 2.45) is 0 Å². The summed E-state index contributed by atoms with van der Waals surface area (Å²) in [5.41, 5.74) is 0. The van der Waals surface area contributed by atoms with Gasteiger partial charge in [-0.05, 0) is 6.08 Å². The van der Waals surface area contributed by atoms with Crippen molar-refractivity contribution < 1.29 is 10.0 Å². The standard InChI is InChI=1S/C4H7NO3/c6-4-2-1-3-5(7)8/h2,4,6H,1,3H2.